The van der Waals surface area contributed by atoms with Crippen molar-refractivity contribution in [2.75, 3.05) is 0 Å². The number of pyridine rings is 1. The Kier molecular flexibility index (Phi) is 7.15. The van der Waals surface area contributed by atoms with E-state index < -0.39 is 5.56 Å². The fraction of sp³-hybridized carbons (Fsp3) is 0.348. The van der Waals surface area contributed by atoms with Gasteiger partial charge < -0.3 is 14.5 Å². The van der Waals surface area contributed by atoms with Gasteiger partial charge in [-0.25, -0.2) is 0 Å². The summed E-state index contributed by atoms with van der Waals surface area (Å²) in [4.78, 5) is 15.8. The Hall–Kier alpha value is -2.80. The molecule has 0 unspecified atom stereocenters. The second-order valence-electron chi connectivity index (χ2n) is 7.34. The van der Waals surface area contributed by atoms with Gasteiger partial charge in [-0.15, -0.1) is 10.2 Å². The highest BCUT2D eigenvalue weighted by molar-refractivity contribution is 7.83. The normalized spacial score (nSPS) is 11.8. The number of aromatic amines is 1. The zero-order chi connectivity index (χ0) is 21.7. The lowest BCUT2D eigenvalue weighted by atomic mass is 9.96. The minimum absolute atomic E-state index is 0.00148. The van der Waals surface area contributed by atoms with E-state index in [1.54, 1.807) is 5.41 Å². The molecule has 1 aromatic carbocycles. The summed E-state index contributed by atoms with van der Waals surface area (Å²) in [5, 5.41) is 20.9. The number of hydrogen-bond donors (Lipinski definition) is 3. The van der Waals surface area contributed by atoms with Gasteiger partial charge in [0.1, 0.15) is 11.3 Å². The van der Waals surface area contributed by atoms with Crippen LogP contribution in [0.5, 0.6) is 5.75 Å². The molecular formula is C23H27N3O3S. The molecule has 0 bridgehead atoms. The predicted octanol–water partition coefficient (Wildman–Crippen LogP) is 5.08. The Labute approximate surface area is 181 Å². The molecule has 0 aliphatic carbocycles. The Morgan fingerprint density at radius 3 is 2.77 bits per heavy atom. The van der Waals surface area contributed by atoms with Gasteiger partial charge in [-0.2, -0.15) is 12.6 Å². The second kappa shape index (κ2) is 9.80. The van der Waals surface area contributed by atoms with Gasteiger partial charge in [-0.1, -0.05) is 50.1 Å². The molecule has 0 aliphatic heterocycles. The first-order valence-corrected chi connectivity index (χ1v) is 10.7. The fourth-order valence-electron chi connectivity index (χ4n) is 3.34. The van der Waals surface area contributed by atoms with E-state index in [4.69, 9.17) is 4.42 Å². The number of benzene rings is 1. The van der Waals surface area contributed by atoms with Gasteiger partial charge in [-0.3, -0.25) is 4.79 Å². The highest BCUT2D eigenvalue weighted by Crippen LogP contribution is 2.38. The van der Waals surface area contributed by atoms with Gasteiger partial charge in [0.15, 0.2) is 0 Å². The van der Waals surface area contributed by atoms with Crippen LogP contribution in [0.15, 0.2) is 44.5 Å². The number of aromatic nitrogens is 3. The van der Waals surface area contributed by atoms with Crippen LogP contribution >= 0.6 is 12.6 Å². The van der Waals surface area contributed by atoms with Crippen molar-refractivity contribution in [1.82, 2.24) is 15.2 Å². The number of thiol groups is 1. The lowest BCUT2D eigenvalue weighted by Gasteiger charge is -2.14. The summed E-state index contributed by atoms with van der Waals surface area (Å²) in [6.45, 7) is 6.06. The van der Waals surface area contributed by atoms with Crippen LogP contribution in [0.4, 0.5) is 0 Å². The number of nitrogens with zero attached hydrogens (tertiary/aromatic N) is 2. The molecule has 2 N–H and O–H groups in total. The maximum Gasteiger partial charge on any atom is 0.264 e. The third-order valence-electron chi connectivity index (χ3n) is 5.00. The third-order valence-corrected chi connectivity index (χ3v) is 5.44. The standard InChI is InChI=1S/C23H27N3O3S/c1-4-6-10-17-19(16-9-7-8-15(5-2)12-16)21(27)20(22(28)24-17)23-26-25-18(29-23)11-14(3)13-30/h7-9,12-13,30H,4-6,10-11H2,1-3H3,(H2,24,27,28)/b14-13+. The highest BCUT2D eigenvalue weighted by atomic mass is 32.1. The van der Waals surface area contributed by atoms with Gasteiger partial charge in [0, 0.05) is 17.7 Å². The summed E-state index contributed by atoms with van der Waals surface area (Å²) < 4.78 is 5.68. The quantitative estimate of drug-likeness (QED) is 0.438. The summed E-state index contributed by atoms with van der Waals surface area (Å²) >= 11 is 4.12. The molecule has 2 aromatic heterocycles. The van der Waals surface area contributed by atoms with E-state index in [0.29, 0.717) is 30.0 Å². The van der Waals surface area contributed by atoms with E-state index in [1.807, 2.05) is 31.2 Å². The Bertz CT molecular complexity index is 1120. The monoisotopic (exact) mass is 425 g/mol. The van der Waals surface area contributed by atoms with Crippen LogP contribution < -0.4 is 5.56 Å². The SMILES string of the molecule is CCCCc1[nH]c(=O)c(-c2nnc(C/C(C)=C/S)o2)c(O)c1-c1cccc(CC)c1. The van der Waals surface area contributed by atoms with Crippen molar-refractivity contribution in [3.8, 4) is 28.3 Å². The molecule has 7 heteroatoms. The molecule has 6 nitrogen and oxygen atoms in total. The molecule has 3 aromatic rings. The molecule has 0 radical (unpaired) electrons. The van der Waals surface area contributed by atoms with Crippen LogP contribution in [0.25, 0.3) is 22.6 Å². The lowest BCUT2D eigenvalue weighted by Crippen LogP contribution is -2.14. The number of rotatable bonds is 8. The largest absolute Gasteiger partial charge is 0.506 e. The molecule has 0 amide bonds. The smallest absolute Gasteiger partial charge is 0.264 e. The van der Waals surface area contributed by atoms with E-state index in [1.165, 1.54) is 0 Å². The fourth-order valence-corrected chi connectivity index (χ4v) is 3.44. The van der Waals surface area contributed by atoms with Gasteiger partial charge in [-0.05, 0) is 42.7 Å². The van der Waals surface area contributed by atoms with Crippen molar-refractivity contribution in [1.29, 1.82) is 0 Å². The van der Waals surface area contributed by atoms with E-state index in [2.05, 4.69) is 41.7 Å². The first kappa shape index (κ1) is 21.9. The number of hydrogen-bond acceptors (Lipinski definition) is 6. The van der Waals surface area contributed by atoms with E-state index in [-0.39, 0.29) is 17.2 Å². The van der Waals surface area contributed by atoms with Crippen LogP contribution in [-0.4, -0.2) is 20.3 Å². The maximum absolute atomic E-state index is 12.9. The number of aryl methyl sites for hydroxylation is 2. The molecule has 158 valence electrons. The van der Waals surface area contributed by atoms with Crippen molar-refractivity contribution in [3.05, 3.63) is 62.7 Å². The summed E-state index contributed by atoms with van der Waals surface area (Å²) in [5.41, 5.74) is 3.83. The van der Waals surface area contributed by atoms with Crippen LogP contribution in [0.1, 0.15) is 50.8 Å². The zero-order valence-corrected chi connectivity index (χ0v) is 18.4. The van der Waals surface area contributed by atoms with Gasteiger partial charge in [0.2, 0.25) is 5.89 Å². The van der Waals surface area contributed by atoms with Gasteiger partial charge >= 0.3 is 0 Å². The molecule has 0 saturated carbocycles. The summed E-state index contributed by atoms with van der Waals surface area (Å²) in [7, 11) is 0. The first-order chi connectivity index (χ1) is 14.5. The molecule has 0 saturated heterocycles. The van der Waals surface area contributed by atoms with Crippen LogP contribution in [0, 0.1) is 0 Å². The number of unbranched alkanes of at least 4 members (excludes halogenated alkanes) is 1. The molecule has 3 rings (SSSR count). The Balaban J connectivity index is 2.17. The third kappa shape index (κ3) is 4.67. The zero-order valence-electron chi connectivity index (χ0n) is 17.5. The van der Waals surface area contributed by atoms with Crippen LogP contribution in [0.3, 0.4) is 0 Å². The number of nitrogens with one attached hydrogen (secondary N) is 1. The second-order valence-corrected chi connectivity index (χ2v) is 7.60. The van der Waals surface area contributed by atoms with E-state index in [0.717, 1.165) is 36.0 Å². The van der Waals surface area contributed by atoms with Gasteiger partial charge in [0.25, 0.3) is 11.4 Å². The minimum atomic E-state index is -0.439. The van der Waals surface area contributed by atoms with Crippen molar-refractivity contribution in [2.24, 2.45) is 0 Å². The summed E-state index contributed by atoms with van der Waals surface area (Å²) in [6, 6.07) is 7.97. The molecule has 0 fully saturated rings. The van der Waals surface area contributed by atoms with Crippen molar-refractivity contribution >= 4 is 12.6 Å². The average molecular weight is 426 g/mol. The van der Waals surface area contributed by atoms with Crippen molar-refractivity contribution in [2.45, 2.75) is 52.9 Å². The molecule has 0 atom stereocenters. The van der Waals surface area contributed by atoms with Crippen molar-refractivity contribution in [3.63, 3.8) is 0 Å². The van der Waals surface area contributed by atoms with Crippen LogP contribution in [0.2, 0.25) is 0 Å². The first-order valence-electron chi connectivity index (χ1n) is 10.2. The number of allylic oxidation sites excluding steroid dienone is 1. The molecule has 0 spiro atoms. The van der Waals surface area contributed by atoms with E-state index in [9.17, 15) is 9.90 Å². The maximum atomic E-state index is 12.9. The number of H-pyrrole nitrogens is 1. The Morgan fingerprint density at radius 2 is 2.07 bits per heavy atom. The minimum Gasteiger partial charge on any atom is -0.506 e. The molecule has 2 heterocycles. The molecule has 0 aliphatic rings. The summed E-state index contributed by atoms with van der Waals surface area (Å²) in [6.07, 6.45) is 3.83. The molecular weight excluding hydrogens is 398 g/mol. The molecule has 30 heavy (non-hydrogen) atoms. The average Bonchev–Trinajstić information content (AvgIpc) is 3.19. The highest BCUT2D eigenvalue weighted by Gasteiger charge is 2.23. The number of aromatic hydroxyl groups is 1. The topological polar surface area (TPSA) is 92.0 Å². The lowest BCUT2D eigenvalue weighted by molar-refractivity contribution is 0.468. The van der Waals surface area contributed by atoms with E-state index >= 15 is 0 Å². The van der Waals surface area contributed by atoms with Crippen LogP contribution in [-0.2, 0) is 19.3 Å². The van der Waals surface area contributed by atoms with Crippen molar-refractivity contribution < 1.29 is 9.52 Å². The summed E-state index contributed by atoms with van der Waals surface area (Å²) in [5.74, 6) is 0.233. The van der Waals surface area contributed by atoms with Gasteiger partial charge in [0.05, 0.1) is 0 Å². The Morgan fingerprint density at radius 1 is 1.27 bits per heavy atom. The predicted molar refractivity (Wildman–Crippen MR) is 122 cm³/mol.